The van der Waals surface area contributed by atoms with Crippen molar-refractivity contribution >= 4 is 43.2 Å². The van der Waals surface area contributed by atoms with Crippen LogP contribution in [-0.4, -0.2) is 6.61 Å². The molecule has 0 saturated heterocycles. The Bertz CT molecular complexity index is 312. The summed E-state index contributed by atoms with van der Waals surface area (Å²) in [6.45, 7) is 5.31. The normalized spacial score (nSPS) is 12.8. The van der Waals surface area contributed by atoms with Gasteiger partial charge in [-0.3, -0.25) is 0 Å². The van der Waals surface area contributed by atoms with E-state index < -0.39 is 0 Å². The Kier molecular flexibility index (Phi) is 7.01. The lowest BCUT2D eigenvalue weighted by atomic mass is 10.0. The van der Waals surface area contributed by atoms with Crippen LogP contribution in [0.4, 0.5) is 0 Å². The van der Waals surface area contributed by atoms with E-state index in [1.807, 2.05) is 6.07 Å². The van der Waals surface area contributed by atoms with Crippen molar-refractivity contribution in [2.45, 2.75) is 39.5 Å². The Hall–Kier alpha value is 0.460. The second kappa shape index (κ2) is 7.72. The number of hydrogen-bond donors (Lipinski definition) is 0. The minimum absolute atomic E-state index is 0.686. The molecule has 0 amide bonds. The highest BCUT2D eigenvalue weighted by Crippen LogP contribution is 2.37. The molecule has 0 aromatic carbocycles. The molecule has 0 radical (unpaired) electrons. The van der Waals surface area contributed by atoms with Crippen LogP contribution in [0.2, 0.25) is 0 Å². The van der Waals surface area contributed by atoms with Gasteiger partial charge in [-0.15, -0.1) is 11.3 Å². The first kappa shape index (κ1) is 14.5. The highest BCUT2D eigenvalue weighted by molar-refractivity contribution is 9.12. The van der Waals surface area contributed by atoms with Gasteiger partial charge in [-0.1, -0.05) is 33.1 Å². The molecule has 1 rings (SSSR count). The Balaban J connectivity index is 2.39. The summed E-state index contributed by atoms with van der Waals surface area (Å²) < 4.78 is 8.02. The molecule has 1 aromatic rings. The van der Waals surface area contributed by atoms with Crippen LogP contribution in [0.3, 0.4) is 0 Å². The molecule has 16 heavy (non-hydrogen) atoms. The van der Waals surface area contributed by atoms with Crippen molar-refractivity contribution < 1.29 is 4.74 Å². The van der Waals surface area contributed by atoms with Crippen molar-refractivity contribution in [2.75, 3.05) is 6.61 Å². The van der Waals surface area contributed by atoms with Crippen molar-refractivity contribution in [3.8, 4) is 5.75 Å². The highest BCUT2D eigenvalue weighted by atomic mass is 79.9. The molecule has 1 unspecified atom stereocenters. The van der Waals surface area contributed by atoms with Crippen LogP contribution < -0.4 is 4.74 Å². The van der Waals surface area contributed by atoms with Crippen LogP contribution in [0.25, 0.3) is 0 Å². The first-order valence-electron chi connectivity index (χ1n) is 5.75. The summed E-state index contributed by atoms with van der Waals surface area (Å²) >= 11 is 8.62. The first-order valence-corrected chi connectivity index (χ1v) is 8.15. The van der Waals surface area contributed by atoms with Crippen molar-refractivity contribution in [3.05, 3.63) is 13.6 Å². The molecule has 0 aliphatic rings. The van der Waals surface area contributed by atoms with Crippen LogP contribution in [0.1, 0.15) is 39.5 Å². The van der Waals surface area contributed by atoms with E-state index in [4.69, 9.17) is 4.74 Å². The molecule has 0 spiro atoms. The lowest BCUT2D eigenvalue weighted by Gasteiger charge is -2.14. The maximum atomic E-state index is 5.84. The van der Waals surface area contributed by atoms with Gasteiger partial charge in [0.25, 0.3) is 0 Å². The van der Waals surface area contributed by atoms with Crippen molar-refractivity contribution in [3.63, 3.8) is 0 Å². The molecule has 4 heteroatoms. The van der Waals surface area contributed by atoms with E-state index in [1.54, 1.807) is 11.3 Å². The molecular formula is C12H18Br2OS. The van der Waals surface area contributed by atoms with Gasteiger partial charge in [-0.05, 0) is 44.2 Å². The molecule has 0 bridgehead atoms. The zero-order valence-corrected chi connectivity index (χ0v) is 13.8. The first-order chi connectivity index (χ1) is 7.67. The summed E-state index contributed by atoms with van der Waals surface area (Å²) in [5.74, 6) is 1.65. The highest BCUT2D eigenvalue weighted by Gasteiger charge is 2.10. The largest absolute Gasteiger partial charge is 0.491 e. The second-order valence-electron chi connectivity index (χ2n) is 3.92. The predicted octanol–water partition coefficient (Wildman–Crippen LogP) is 5.87. The van der Waals surface area contributed by atoms with Gasteiger partial charge in [0.1, 0.15) is 9.54 Å². The van der Waals surface area contributed by atoms with E-state index >= 15 is 0 Å². The SMILES string of the molecule is CCCCC(CC)COc1cc(Br)sc1Br. The van der Waals surface area contributed by atoms with E-state index in [-0.39, 0.29) is 0 Å². The Morgan fingerprint density at radius 3 is 2.62 bits per heavy atom. The topological polar surface area (TPSA) is 9.23 Å². The number of unbranched alkanes of at least 4 members (excludes halogenated alkanes) is 1. The van der Waals surface area contributed by atoms with Crippen LogP contribution in [0.15, 0.2) is 13.6 Å². The van der Waals surface area contributed by atoms with Crippen LogP contribution in [-0.2, 0) is 0 Å². The molecule has 1 aromatic heterocycles. The van der Waals surface area contributed by atoms with Gasteiger partial charge in [0.2, 0.25) is 0 Å². The third-order valence-electron chi connectivity index (χ3n) is 2.64. The van der Waals surface area contributed by atoms with Gasteiger partial charge in [-0.2, -0.15) is 0 Å². The lowest BCUT2D eigenvalue weighted by Crippen LogP contribution is -2.11. The molecule has 1 atom stereocenters. The van der Waals surface area contributed by atoms with Crippen LogP contribution in [0.5, 0.6) is 5.75 Å². The summed E-state index contributed by atoms with van der Waals surface area (Å²) in [5, 5.41) is 0. The minimum Gasteiger partial charge on any atom is -0.491 e. The predicted molar refractivity (Wildman–Crippen MR) is 78.5 cm³/mol. The van der Waals surface area contributed by atoms with E-state index in [0.29, 0.717) is 5.92 Å². The van der Waals surface area contributed by atoms with Gasteiger partial charge in [0.05, 0.1) is 10.4 Å². The zero-order valence-electron chi connectivity index (χ0n) is 9.76. The smallest absolute Gasteiger partial charge is 0.145 e. The van der Waals surface area contributed by atoms with Crippen LogP contribution in [0, 0.1) is 5.92 Å². The maximum absolute atomic E-state index is 5.84. The van der Waals surface area contributed by atoms with E-state index in [0.717, 1.165) is 19.9 Å². The van der Waals surface area contributed by atoms with Crippen molar-refractivity contribution in [1.29, 1.82) is 0 Å². The molecule has 0 N–H and O–H groups in total. The fourth-order valence-electron chi connectivity index (χ4n) is 1.53. The fourth-order valence-corrected chi connectivity index (χ4v) is 4.18. The number of halogens is 2. The summed E-state index contributed by atoms with van der Waals surface area (Å²) in [6, 6.07) is 2.03. The van der Waals surface area contributed by atoms with Gasteiger partial charge in [-0.25, -0.2) is 0 Å². The molecule has 0 aliphatic carbocycles. The molecule has 1 nitrogen and oxygen atoms in total. The third kappa shape index (κ3) is 4.76. The van der Waals surface area contributed by atoms with Crippen molar-refractivity contribution in [1.82, 2.24) is 0 Å². The summed E-state index contributed by atoms with van der Waals surface area (Å²) in [7, 11) is 0. The number of ether oxygens (including phenoxy) is 1. The number of rotatable bonds is 7. The van der Waals surface area contributed by atoms with Crippen LogP contribution >= 0.6 is 43.2 Å². The van der Waals surface area contributed by atoms with E-state index in [2.05, 4.69) is 45.7 Å². The molecule has 92 valence electrons. The fraction of sp³-hybridized carbons (Fsp3) is 0.667. The molecule has 1 heterocycles. The summed E-state index contributed by atoms with van der Waals surface area (Å²) in [4.78, 5) is 0. The third-order valence-corrected chi connectivity index (χ3v) is 4.93. The van der Waals surface area contributed by atoms with E-state index in [9.17, 15) is 0 Å². The number of thiophene rings is 1. The zero-order chi connectivity index (χ0) is 12.0. The summed E-state index contributed by atoms with van der Waals surface area (Å²) in [6.07, 6.45) is 5.04. The van der Waals surface area contributed by atoms with Gasteiger partial charge >= 0.3 is 0 Å². The molecule has 0 saturated carbocycles. The number of hydrogen-bond acceptors (Lipinski definition) is 2. The Morgan fingerprint density at radius 2 is 2.12 bits per heavy atom. The van der Waals surface area contributed by atoms with Crippen molar-refractivity contribution in [2.24, 2.45) is 5.92 Å². The molecule has 0 aliphatic heterocycles. The lowest BCUT2D eigenvalue weighted by molar-refractivity contribution is 0.233. The minimum atomic E-state index is 0.686. The quantitative estimate of drug-likeness (QED) is 0.584. The molecule has 0 fully saturated rings. The Labute approximate surface area is 119 Å². The second-order valence-corrected chi connectivity index (χ2v) is 7.67. The maximum Gasteiger partial charge on any atom is 0.145 e. The Morgan fingerprint density at radius 1 is 1.38 bits per heavy atom. The summed E-state index contributed by atoms with van der Waals surface area (Å²) in [5.41, 5.74) is 0. The average molecular weight is 370 g/mol. The van der Waals surface area contributed by atoms with Gasteiger partial charge < -0.3 is 4.74 Å². The van der Waals surface area contributed by atoms with E-state index in [1.165, 1.54) is 25.7 Å². The average Bonchev–Trinajstić information content (AvgIpc) is 2.58. The molecular weight excluding hydrogens is 352 g/mol. The van der Waals surface area contributed by atoms with Gasteiger partial charge in [0, 0.05) is 6.07 Å². The van der Waals surface area contributed by atoms with Gasteiger partial charge in [0.15, 0.2) is 0 Å². The standard InChI is InChI=1S/C12H18Br2OS/c1-3-5-6-9(4-2)8-15-10-7-11(13)16-12(10)14/h7,9H,3-6,8H2,1-2H3. The monoisotopic (exact) mass is 368 g/mol.